The van der Waals surface area contributed by atoms with Crippen LogP contribution in [-0.2, 0) is 0 Å². The van der Waals surface area contributed by atoms with Gasteiger partial charge in [-0.15, -0.1) is 0 Å². The predicted octanol–water partition coefficient (Wildman–Crippen LogP) is 4.42. The van der Waals surface area contributed by atoms with E-state index in [1.807, 2.05) is 0 Å². The van der Waals surface area contributed by atoms with Crippen LogP contribution < -0.4 is 9.47 Å². The predicted molar refractivity (Wildman–Crippen MR) is 94.0 cm³/mol. The number of nitrogens with zero attached hydrogens (tertiary/aromatic N) is 4. The fraction of sp³-hybridized carbons (Fsp3) is 0.375. The molecule has 0 fully saturated rings. The van der Waals surface area contributed by atoms with Crippen molar-refractivity contribution in [1.29, 1.82) is 0 Å². The largest absolute Gasteiger partial charge is 0.417 e. The summed E-state index contributed by atoms with van der Waals surface area (Å²) in [7, 11) is 0. The molecule has 0 N–H and O–H groups in total. The van der Waals surface area contributed by atoms with Crippen LogP contribution in [0.4, 0.5) is 28.9 Å². The maximum absolute atomic E-state index is 11.9. The number of hydrogen-bond acceptors (Lipinski definition) is 8. The number of halogens is 4. The van der Waals surface area contributed by atoms with Crippen molar-refractivity contribution in [3.63, 3.8) is 0 Å². The van der Waals surface area contributed by atoms with E-state index < -0.39 is 34.6 Å². The molecule has 0 saturated heterocycles. The summed E-state index contributed by atoms with van der Waals surface area (Å²) < 4.78 is 55.6. The molecule has 14 heteroatoms. The van der Waals surface area contributed by atoms with Gasteiger partial charge in [-0.2, -0.15) is 17.6 Å². The molecule has 2 aromatic heterocycles. The molecule has 0 amide bonds. The Hall–Kier alpha value is -3.58. The second-order valence-electron chi connectivity index (χ2n) is 5.72. The molecule has 0 aliphatic rings. The average molecular weight is 436 g/mol. The second kappa shape index (κ2) is 10.3. The molecule has 0 spiro atoms. The lowest BCUT2D eigenvalue weighted by Gasteiger charge is -2.06. The molecule has 164 valence electrons. The van der Waals surface area contributed by atoms with Gasteiger partial charge in [0.15, 0.2) is 0 Å². The van der Waals surface area contributed by atoms with Gasteiger partial charge in [0.2, 0.25) is 5.88 Å². The van der Waals surface area contributed by atoms with E-state index in [1.54, 1.807) is 0 Å². The van der Waals surface area contributed by atoms with Gasteiger partial charge in [-0.1, -0.05) is 0 Å². The van der Waals surface area contributed by atoms with Crippen molar-refractivity contribution in [2.45, 2.75) is 40.9 Å². The Morgan fingerprint density at radius 2 is 1.33 bits per heavy atom. The Balaban J connectivity index is 0.000000300. The molecule has 30 heavy (non-hydrogen) atoms. The van der Waals surface area contributed by atoms with Crippen molar-refractivity contribution in [3.8, 4) is 11.8 Å². The van der Waals surface area contributed by atoms with Crippen LogP contribution in [0.25, 0.3) is 0 Å². The summed E-state index contributed by atoms with van der Waals surface area (Å²) in [6.07, 6.45) is 0. The molecule has 2 rings (SSSR count). The van der Waals surface area contributed by atoms with E-state index in [1.165, 1.54) is 33.8 Å². The number of nitro groups is 2. The maximum atomic E-state index is 11.9. The third kappa shape index (κ3) is 6.79. The summed E-state index contributed by atoms with van der Waals surface area (Å²) in [5.74, 6) is -0.960. The highest BCUT2D eigenvalue weighted by Crippen LogP contribution is 2.30. The first-order valence-corrected chi connectivity index (χ1v) is 7.98. The summed E-state index contributed by atoms with van der Waals surface area (Å²) in [4.78, 5) is 26.8. The number of rotatable bonds is 6. The van der Waals surface area contributed by atoms with Gasteiger partial charge in [0.25, 0.3) is 11.6 Å². The first-order valence-electron chi connectivity index (χ1n) is 7.98. The normalized spacial score (nSPS) is 10.5. The van der Waals surface area contributed by atoms with Crippen LogP contribution in [0.1, 0.15) is 22.5 Å². The van der Waals surface area contributed by atoms with Crippen LogP contribution in [0.5, 0.6) is 11.8 Å². The van der Waals surface area contributed by atoms with Gasteiger partial charge < -0.3 is 9.47 Å². The third-order valence-electron chi connectivity index (χ3n) is 3.39. The van der Waals surface area contributed by atoms with Crippen LogP contribution in [-0.4, -0.2) is 33.0 Å². The number of aromatic nitrogens is 2. The summed E-state index contributed by atoms with van der Waals surface area (Å²) in [6.45, 7) is -0.343. The SMILES string of the molecule is Cc1cc(C)c([N+](=O)[O-])c(OC(F)F)n1.Cc1cc(OC(F)F)nc(C)c1[N+](=O)[O-]. The molecular formula is C16H16F4N4O6. The number of alkyl halides is 4. The van der Waals surface area contributed by atoms with Crippen molar-refractivity contribution in [2.75, 3.05) is 0 Å². The molecule has 2 aromatic rings. The molecule has 0 saturated carbocycles. The van der Waals surface area contributed by atoms with E-state index in [4.69, 9.17) is 0 Å². The smallest absolute Gasteiger partial charge is 0.388 e. The lowest BCUT2D eigenvalue weighted by atomic mass is 10.2. The number of pyridine rings is 2. The molecule has 0 atom stereocenters. The Morgan fingerprint density at radius 3 is 1.77 bits per heavy atom. The lowest BCUT2D eigenvalue weighted by Crippen LogP contribution is -2.08. The fourth-order valence-corrected chi connectivity index (χ4v) is 2.40. The third-order valence-corrected chi connectivity index (χ3v) is 3.39. The quantitative estimate of drug-likeness (QED) is 0.370. The summed E-state index contributed by atoms with van der Waals surface area (Å²) >= 11 is 0. The molecule has 2 heterocycles. The summed E-state index contributed by atoms with van der Waals surface area (Å²) in [5, 5.41) is 21.1. The van der Waals surface area contributed by atoms with E-state index in [9.17, 15) is 37.8 Å². The number of hydrogen-bond donors (Lipinski definition) is 0. The standard InChI is InChI=1S/2C8H8F2N2O3/c1-4-3-6(15-8(9)10)11-5(2)7(4)12(13)14;1-4-3-5(2)11-7(15-8(9)10)6(4)12(13)14/h2*3,8H,1-2H3. The zero-order chi connectivity index (χ0) is 23.2. The van der Waals surface area contributed by atoms with E-state index in [-0.39, 0.29) is 28.4 Å². The van der Waals surface area contributed by atoms with E-state index >= 15 is 0 Å². The molecule has 0 aliphatic carbocycles. The van der Waals surface area contributed by atoms with E-state index in [0.717, 1.165) is 6.07 Å². The zero-order valence-corrected chi connectivity index (χ0v) is 16.1. The van der Waals surface area contributed by atoms with Gasteiger partial charge in [0, 0.05) is 22.9 Å². The summed E-state index contributed by atoms with van der Waals surface area (Å²) in [6, 6.07) is 2.54. The van der Waals surface area contributed by atoms with Crippen molar-refractivity contribution in [3.05, 3.63) is 54.9 Å². The minimum Gasteiger partial charge on any atom is -0.417 e. The van der Waals surface area contributed by atoms with Gasteiger partial charge in [-0.05, 0) is 33.8 Å². The van der Waals surface area contributed by atoms with Gasteiger partial charge in [-0.3, -0.25) is 20.2 Å². The van der Waals surface area contributed by atoms with E-state index in [0.29, 0.717) is 5.69 Å². The zero-order valence-electron chi connectivity index (χ0n) is 16.1. The molecule has 0 unspecified atom stereocenters. The fourth-order valence-electron chi connectivity index (χ4n) is 2.40. The second-order valence-corrected chi connectivity index (χ2v) is 5.72. The Labute approximate surface area is 166 Å². The van der Waals surface area contributed by atoms with Crippen LogP contribution in [0.15, 0.2) is 12.1 Å². The Morgan fingerprint density at radius 1 is 0.833 bits per heavy atom. The van der Waals surface area contributed by atoms with Gasteiger partial charge in [0.1, 0.15) is 5.69 Å². The summed E-state index contributed by atoms with van der Waals surface area (Å²) in [5.41, 5.74) is 0.202. The Kier molecular flexibility index (Phi) is 8.37. The van der Waals surface area contributed by atoms with Crippen LogP contribution >= 0.6 is 0 Å². The molecule has 0 aromatic carbocycles. The molecule has 10 nitrogen and oxygen atoms in total. The molecular weight excluding hydrogens is 420 g/mol. The van der Waals surface area contributed by atoms with Crippen LogP contribution in [0.3, 0.4) is 0 Å². The number of aryl methyl sites for hydroxylation is 4. The first-order chi connectivity index (χ1) is 13.8. The monoisotopic (exact) mass is 436 g/mol. The van der Waals surface area contributed by atoms with Gasteiger partial charge in [0.05, 0.1) is 9.85 Å². The number of ether oxygens (including phenoxy) is 2. The highest BCUT2D eigenvalue weighted by atomic mass is 19.3. The van der Waals surface area contributed by atoms with Crippen LogP contribution in [0.2, 0.25) is 0 Å². The lowest BCUT2D eigenvalue weighted by molar-refractivity contribution is -0.387. The van der Waals surface area contributed by atoms with Gasteiger partial charge in [-0.25, -0.2) is 9.97 Å². The van der Waals surface area contributed by atoms with Gasteiger partial charge >= 0.3 is 18.9 Å². The molecule has 0 aliphatic heterocycles. The van der Waals surface area contributed by atoms with E-state index in [2.05, 4.69) is 19.4 Å². The Bertz CT molecular complexity index is 919. The molecule has 0 radical (unpaired) electrons. The van der Waals surface area contributed by atoms with Crippen LogP contribution in [0, 0.1) is 47.9 Å². The highest BCUT2D eigenvalue weighted by molar-refractivity contribution is 5.48. The minimum absolute atomic E-state index is 0.0515. The molecule has 0 bridgehead atoms. The van der Waals surface area contributed by atoms with Crippen molar-refractivity contribution in [2.24, 2.45) is 0 Å². The average Bonchev–Trinajstić information content (AvgIpc) is 2.51. The first kappa shape index (κ1) is 24.5. The van der Waals surface area contributed by atoms with Crippen molar-refractivity contribution in [1.82, 2.24) is 9.97 Å². The minimum atomic E-state index is -3.13. The van der Waals surface area contributed by atoms with Crippen molar-refractivity contribution < 1.29 is 36.9 Å². The topological polar surface area (TPSA) is 131 Å². The van der Waals surface area contributed by atoms with Crippen molar-refractivity contribution >= 4 is 11.4 Å². The highest BCUT2D eigenvalue weighted by Gasteiger charge is 2.23. The maximum Gasteiger partial charge on any atom is 0.388 e.